The minimum atomic E-state index is -1.05. The van der Waals surface area contributed by atoms with E-state index >= 15 is 0 Å². The van der Waals surface area contributed by atoms with Crippen LogP contribution in [0.3, 0.4) is 0 Å². The van der Waals surface area contributed by atoms with Crippen molar-refractivity contribution < 1.29 is 8.73 Å². The molecule has 0 unspecified atom stereocenters. The molecule has 6 heteroatoms. The number of thiophene rings is 1. The SMILES string of the molecule is Cc1ccccc1C[S@@](=O)Cc1noc(-c2ccsc2)n1. The highest BCUT2D eigenvalue weighted by molar-refractivity contribution is 7.83. The van der Waals surface area contributed by atoms with E-state index in [-0.39, 0.29) is 0 Å². The summed E-state index contributed by atoms with van der Waals surface area (Å²) in [6.45, 7) is 2.02. The Morgan fingerprint density at radius 3 is 2.86 bits per heavy atom. The fraction of sp³-hybridized carbons (Fsp3) is 0.200. The fourth-order valence-electron chi connectivity index (χ4n) is 1.96. The molecule has 0 radical (unpaired) electrons. The van der Waals surface area contributed by atoms with Crippen molar-refractivity contribution in [3.8, 4) is 11.5 Å². The lowest BCUT2D eigenvalue weighted by atomic mass is 10.1. The van der Waals surface area contributed by atoms with E-state index in [1.165, 1.54) is 0 Å². The van der Waals surface area contributed by atoms with Crippen molar-refractivity contribution in [2.75, 3.05) is 0 Å². The van der Waals surface area contributed by atoms with E-state index in [9.17, 15) is 4.21 Å². The van der Waals surface area contributed by atoms with Gasteiger partial charge >= 0.3 is 0 Å². The molecule has 108 valence electrons. The number of aromatic nitrogens is 2. The molecule has 3 rings (SSSR count). The molecule has 0 aliphatic rings. The molecule has 0 saturated carbocycles. The average molecular weight is 318 g/mol. The maximum atomic E-state index is 12.2. The van der Waals surface area contributed by atoms with Crippen molar-refractivity contribution in [3.05, 3.63) is 58.0 Å². The molecule has 0 bridgehead atoms. The van der Waals surface area contributed by atoms with Crippen molar-refractivity contribution in [2.24, 2.45) is 0 Å². The highest BCUT2D eigenvalue weighted by Crippen LogP contribution is 2.20. The smallest absolute Gasteiger partial charge is 0.258 e. The Morgan fingerprint density at radius 2 is 2.10 bits per heavy atom. The molecule has 1 aromatic carbocycles. The number of nitrogens with zero attached hydrogens (tertiary/aromatic N) is 2. The summed E-state index contributed by atoms with van der Waals surface area (Å²) in [5, 5.41) is 7.80. The summed E-state index contributed by atoms with van der Waals surface area (Å²) in [6, 6.07) is 9.89. The zero-order valence-corrected chi connectivity index (χ0v) is 13.1. The summed E-state index contributed by atoms with van der Waals surface area (Å²) in [5.74, 6) is 1.79. The predicted molar refractivity (Wildman–Crippen MR) is 84.3 cm³/mol. The van der Waals surface area contributed by atoms with Gasteiger partial charge in [-0.1, -0.05) is 29.4 Å². The summed E-state index contributed by atoms with van der Waals surface area (Å²) in [6.07, 6.45) is 0. The third-order valence-electron chi connectivity index (χ3n) is 3.10. The Bertz CT molecular complexity index is 751. The van der Waals surface area contributed by atoms with E-state index in [1.807, 2.05) is 48.0 Å². The summed E-state index contributed by atoms with van der Waals surface area (Å²) < 4.78 is 17.4. The number of rotatable bonds is 5. The standard InChI is InChI=1S/C15H14N2O2S2/c1-11-4-2-3-5-13(11)9-21(18)10-14-16-15(19-17-14)12-6-7-20-8-12/h2-8H,9-10H2,1H3/t21-/m1/s1. The third-order valence-corrected chi connectivity index (χ3v) is 5.00. The van der Waals surface area contributed by atoms with Gasteiger partial charge in [0.2, 0.25) is 0 Å². The van der Waals surface area contributed by atoms with Crippen molar-refractivity contribution in [1.29, 1.82) is 0 Å². The summed E-state index contributed by atoms with van der Waals surface area (Å²) in [7, 11) is -1.05. The van der Waals surface area contributed by atoms with Gasteiger partial charge in [-0.2, -0.15) is 16.3 Å². The first-order valence-corrected chi connectivity index (χ1v) is 8.90. The minimum absolute atomic E-state index is 0.308. The van der Waals surface area contributed by atoms with Gasteiger partial charge in [0.05, 0.1) is 11.3 Å². The fourth-order valence-corrected chi connectivity index (χ4v) is 3.76. The second kappa shape index (κ2) is 6.32. The average Bonchev–Trinajstić information content (AvgIpc) is 3.12. The van der Waals surface area contributed by atoms with Gasteiger partial charge in [0.25, 0.3) is 5.89 Å². The quantitative estimate of drug-likeness (QED) is 0.722. The zero-order chi connectivity index (χ0) is 14.7. The molecule has 2 aromatic heterocycles. The van der Waals surface area contributed by atoms with Crippen LogP contribution in [0.5, 0.6) is 0 Å². The molecule has 2 heterocycles. The van der Waals surface area contributed by atoms with Gasteiger partial charge in [-0.05, 0) is 29.5 Å². The normalized spacial score (nSPS) is 12.4. The molecule has 4 nitrogen and oxygen atoms in total. The van der Waals surface area contributed by atoms with Crippen LogP contribution in [0.1, 0.15) is 17.0 Å². The van der Waals surface area contributed by atoms with Crippen LogP contribution in [0.2, 0.25) is 0 Å². The van der Waals surface area contributed by atoms with Crippen molar-refractivity contribution >= 4 is 22.1 Å². The minimum Gasteiger partial charge on any atom is -0.334 e. The van der Waals surface area contributed by atoms with Crippen LogP contribution >= 0.6 is 11.3 Å². The van der Waals surface area contributed by atoms with Crippen LogP contribution < -0.4 is 0 Å². The zero-order valence-electron chi connectivity index (χ0n) is 11.5. The highest BCUT2D eigenvalue weighted by Gasteiger charge is 2.12. The van der Waals surface area contributed by atoms with Crippen molar-refractivity contribution in [3.63, 3.8) is 0 Å². The van der Waals surface area contributed by atoms with Gasteiger partial charge in [0.15, 0.2) is 5.82 Å². The Morgan fingerprint density at radius 1 is 1.24 bits per heavy atom. The predicted octanol–water partition coefficient (Wildman–Crippen LogP) is 3.56. The summed E-state index contributed by atoms with van der Waals surface area (Å²) in [4.78, 5) is 4.29. The molecule has 3 aromatic rings. The molecule has 0 aliphatic carbocycles. The Hall–Kier alpha value is -1.79. The first-order chi connectivity index (χ1) is 10.2. The third kappa shape index (κ3) is 3.46. The molecule has 0 spiro atoms. The Balaban J connectivity index is 1.67. The molecule has 0 fully saturated rings. The number of benzene rings is 1. The van der Waals surface area contributed by atoms with E-state index in [1.54, 1.807) is 11.3 Å². The highest BCUT2D eigenvalue weighted by atomic mass is 32.2. The van der Waals surface area contributed by atoms with Gasteiger partial charge in [-0.25, -0.2) is 0 Å². The number of hydrogen-bond acceptors (Lipinski definition) is 5. The number of aryl methyl sites for hydroxylation is 1. The van der Waals surface area contributed by atoms with Crippen LogP contribution in [0, 0.1) is 6.92 Å². The molecule has 21 heavy (non-hydrogen) atoms. The first-order valence-electron chi connectivity index (χ1n) is 6.47. The van der Waals surface area contributed by atoms with Gasteiger partial charge < -0.3 is 4.52 Å². The second-order valence-electron chi connectivity index (χ2n) is 4.68. The maximum Gasteiger partial charge on any atom is 0.258 e. The molecular formula is C15H14N2O2S2. The Kier molecular flexibility index (Phi) is 4.26. The van der Waals surface area contributed by atoms with E-state index in [0.29, 0.717) is 23.2 Å². The van der Waals surface area contributed by atoms with Crippen LogP contribution in [0.4, 0.5) is 0 Å². The van der Waals surface area contributed by atoms with Crippen LogP contribution in [-0.4, -0.2) is 14.3 Å². The molecular weight excluding hydrogens is 304 g/mol. The van der Waals surface area contributed by atoms with Crippen molar-refractivity contribution in [2.45, 2.75) is 18.4 Å². The largest absolute Gasteiger partial charge is 0.334 e. The monoisotopic (exact) mass is 318 g/mol. The van der Waals surface area contributed by atoms with Gasteiger partial charge in [-0.15, -0.1) is 0 Å². The summed E-state index contributed by atoms with van der Waals surface area (Å²) >= 11 is 1.57. The second-order valence-corrected chi connectivity index (χ2v) is 6.92. The van der Waals surface area contributed by atoms with Gasteiger partial charge in [0.1, 0.15) is 0 Å². The molecule has 0 N–H and O–H groups in total. The molecule has 0 amide bonds. The van der Waals surface area contributed by atoms with Crippen LogP contribution in [-0.2, 0) is 22.3 Å². The Labute approximate surface area is 129 Å². The van der Waals surface area contributed by atoms with E-state index in [0.717, 1.165) is 16.7 Å². The topological polar surface area (TPSA) is 56.0 Å². The van der Waals surface area contributed by atoms with E-state index < -0.39 is 10.8 Å². The number of hydrogen-bond donors (Lipinski definition) is 0. The van der Waals surface area contributed by atoms with Crippen molar-refractivity contribution in [1.82, 2.24) is 10.1 Å². The van der Waals surface area contributed by atoms with E-state index in [2.05, 4.69) is 10.1 Å². The lowest BCUT2D eigenvalue weighted by Crippen LogP contribution is -2.02. The summed E-state index contributed by atoms with van der Waals surface area (Å²) in [5.41, 5.74) is 3.15. The van der Waals surface area contributed by atoms with Crippen LogP contribution in [0.25, 0.3) is 11.5 Å². The van der Waals surface area contributed by atoms with E-state index in [4.69, 9.17) is 4.52 Å². The lowest BCUT2D eigenvalue weighted by molar-refractivity contribution is 0.425. The molecule has 1 atom stereocenters. The van der Waals surface area contributed by atoms with Gasteiger partial charge in [0, 0.05) is 21.9 Å². The molecule has 0 saturated heterocycles. The molecule has 0 aliphatic heterocycles. The van der Waals surface area contributed by atoms with Crippen LogP contribution in [0.15, 0.2) is 45.6 Å². The maximum absolute atomic E-state index is 12.2. The first kappa shape index (κ1) is 14.2. The lowest BCUT2D eigenvalue weighted by Gasteiger charge is -2.03. The van der Waals surface area contributed by atoms with Gasteiger partial charge in [-0.3, -0.25) is 4.21 Å².